The molecule has 3 heteroatoms. The average molecular weight is 221 g/mol. The summed E-state index contributed by atoms with van der Waals surface area (Å²) in [5, 5.41) is 8.84. The van der Waals surface area contributed by atoms with E-state index in [4.69, 9.17) is 10.8 Å². The molecule has 0 bridgehead atoms. The van der Waals surface area contributed by atoms with E-state index in [9.17, 15) is 4.79 Å². The predicted octanol–water partition coefficient (Wildman–Crippen LogP) is 2.07. The van der Waals surface area contributed by atoms with Crippen molar-refractivity contribution in [3.05, 3.63) is 34.9 Å². The number of hydrogen-bond donors (Lipinski definition) is 2. The maximum absolute atomic E-state index is 10.8. The van der Waals surface area contributed by atoms with Crippen LogP contribution in [0, 0.1) is 6.92 Å². The van der Waals surface area contributed by atoms with Gasteiger partial charge in [-0.2, -0.15) is 0 Å². The predicted molar refractivity (Wildman–Crippen MR) is 64.6 cm³/mol. The summed E-state index contributed by atoms with van der Waals surface area (Å²) in [6.45, 7) is 6.20. The van der Waals surface area contributed by atoms with Gasteiger partial charge in [0.2, 0.25) is 0 Å². The third-order valence-electron chi connectivity index (χ3n) is 2.81. The SMILES string of the molecule is Cc1cccc(C(C)C)c1C[C@H](N)C(=O)O. The fraction of sp³-hybridized carbons (Fsp3) is 0.462. The Morgan fingerprint density at radius 3 is 2.56 bits per heavy atom. The number of carboxylic acid groups (broad SMARTS) is 1. The molecule has 0 unspecified atom stereocenters. The lowest BCUT2D eigenvalue weighted by atomic mass is 9.90. The number of rotatable bonds is 4. The summed E-state index contributed by atoms with van der Waals surface area (Å²) in [7, 11) is 0. The quantitative estimate of drug-likeness (QED) is 0.818. The minimum atomic E-state index is -0.946. The van der Waals surface area contributed by atoms with Gasteiger partial charge in [-0.25, -0.2) is 0 Å². The molecule has 1 atom stereocenters. The Bertz CT molecular complexity index is 386. The Morgan fingerprint density at radius 1 is 1.44 bits per heavy atom. The van der Waals surface area contributed by atoms with Crippen LogP contribution in [0.4, 0.5) is 0 Å². The van der Waals surface area contributed by atoms with Gasteiger partial charge in [0.05, 0.1) is 0 Å². The maximum atomic E-state index is 10.8. The summed E-state index contributed by atoms with van der Waals surface area (Å²) in [6.07, 6.45) is 0.398. The van der Waals surface area contributed by atoms with Crippen molar-refractivity contribution in [1.29, 1.82) is 0 Å². The van der Waals surface area contributed by atoms with E-state index in [1.165, 1.54) is 5.56 Å². The largest absolute Gasteiger partial charge is 0.480 e. The zero-order chi connectivity index (χ0) is 12.3. The summed E-state index contributed by atoms with van der Waals surface area (Å²) in [5.41, 5.74) is 8.97. The van der Waals surface area contributed by atoms with Crippen LogP contribution >= 0.6 is 0 Å². The topological polar surface area (TPSA) is 63.3 Å². The highest BCUT2D eigenvalue weighted by atomic mass is 16.4. The van der Waals surface area contributed by atoms with Crippen LogP contribution in [0.3, 0.4) is 0 Å². The Balaban J connectivity index is 3.06. The lowest BCUT2D eigenvalue weighted by molar-refractivity contribution is -0.138. The van der Waals surface area contributed by atoms with Gasteiger partial charge in [0.15, 0.2) is 0 Å². The van der Waals surface area contributed by atoms with Crippen molar-refractivity contribution < 1.29 is 9.90 Å². The van der Waals surface area contributed by atoms with Crippen LogP contribution in [0.2, 0.25) is 0 Å². The molecule has 0 spiro atoms. The van der Waals surface area contributed by atoms with E-state index in [0.29, 0.717) is 12.3 Å². The highest BCUT2D eigenvalue weighted by molar-refractivity contribution is 5.73. The zero-order valence-corrected chi connectivity index (χ0v) is 10.0. The molecule has 0 amide bonds. The second-order valence-electron chi connectivity index (χ2n) is 4.45. The molecule has 1 rings (SSSR count). The van der Waals surface area contributed by atoms with Crippen molar-refractivity contribution in [2.24, 2.45) is 5.73 Å². The first-order valence-electron chi connectivity index (χ1n) is 5.50. The van der Waals surface area contributed by atoms with Gasteiger partial charge >= 0.3 is 5.97 Å². The van der Waals surface area contributed by atoms with Gasteiger partial charge in [-0.3, -0.25) is 4.79 Å². The van der Waals surface area contributed by atoms with Gasteiger partial charge < -0.3 is 10.8 Å². The number of hydrogen-bond acceptors (Lipinski definition) is 2. The Morgan fingerprint density at radius 2 is 2.06 bits per heavy atom. The Hall–Kier alpha value is -1.35. The van der Waals surface area contributed by atoms with Crippen molar-refractivity contribution in [3.63, 3.8) is 0 Å². The Labute approximate surface area is 96.3 Å². The van der Waals surface area contributed by atoms with Crippen LogP contribution in [0.25, 0.3) is 0 Å². The summed E-state index contributed by atoms with van der Waals surface area (Å²) >= 11 is 0. The van der Waals surface area contributed by atoms with E-state index >= 15 is 0 Å². The van der Waals surface area contributed by atoms with Crippen LogP contribution in [0.15, 0.2) is 18.2 Å². The summed E-state index contributed by atoms with van der Waals surface area (Å²) in [5.74, 6) is -0.561. The molecular formula is C13H19NO2. The third-order valence-corrected chi connectivity index (χ3v) is 2.81. The molecule has 0 radical (unpaired) electrons. The van der Waals surface area contributed by atoms with Crippen LogP contribution < -0.4 is 5.73 Å². The molecule has 3 N–H and O–H groups in total. The summed E-state index contributed by atoms with van der Waals surface area (Å²) in [6, 6.07) is 5.22. The van der Waals surface area contributed by atoms with Gasteiger partial charge in [-0.1, -0.05) is 32.0 Å². The molecule has 16 heavy (non-hydrogen) atoms. The van der Waals surface area contributed by atoms with E-state index in [2.05, 4.69) is 13.8 Å². The van der Waals surface area contributed by atoms with Crippen molar-refractivity contribution in [2.45, 2.75) is 39.2 Å². The molecule has 0 aromatic heterocycles. The number of aryl methyl sites for hydroxylation is 1. The maximum Gasteiger partial charge on any atom is 0.320 e. The minimum Gasteiger partial charge on any atom is -0.480 e. The minimum absolute atomic E-state index is 0.385. The van der Waals surface area contributed by atoms with Gasteiger partial charge in [0, 0.05) is 0 Å². The standard InChI is InChI=1S/C13H19NO2/c1-8(2)10-6-4-5-9(3)11(10)7-12(14)13(15)16/h4-6,8,12H,7,14H2,1-3H3,(H,15,16)/t12-/m0/s1. The number of aliphatic carboxylic acids is 1. The second kappa shape index (κ2) is 5.12. The molecule has 3 nitrogen and oxygen atoms in total. The monoisotopic (exact) mass is 221 g/mol. The first kappa shape index (κ1) is 12.7. The van der Waals surface area contributed by atoms with Crippen LogP contribution in [0.5, 0.6) is 0 Å². The molecule has 0 saturated heterocycles. The van der Waals surface area contributed by atoms with Crippen LogP contribution in [-0.2, 0) is 11.2 Å². The summed E-state index contributed by atoms with van der Waals surface area (Å²) < 4.78 is 0. The molecule has 1 aromatic carbocycles. The summed E-state index contributed by atoms with van der Waals surface area (Å²) in [4.78, 5) is 10.8. The number of benzene rings is 1. The molecule has 0 saturated carbocycles. The molecule has 0 heterocycles. The smallest absolute Gasteiger partial charge is 0.320 e. The normalized spacial score (nSPS) is 12.8. The molecule has 88 valence electrons. The average Bonchev–Trinajstić information content (AvgIpc) is 2.20. The van der Waals surface area contributed by atoms with Gasteiger partial charge in [0.1, 0.15) is 6.04 Å². The van der Waals surface area contributed by atoms with E-state index in [-0.39, 0.29) is 0 Å². The van der Waals surface area contributed by atoms with Crippen molar-refractivity contribution in [3.8, 4) is 0 Å². The molecule has 1 aromatic rings. The molecular weight excluding hydrogens is 202 g/mol. The molecule has 0 aliphatic rings. The first-order valence-corrected chi connectivity index (χ1v) is 5.50. The lowest BCUT2D eigenvalue weighted by Gasteiger charge is -2.17. The first-order chi connectivity index (χ1) is 7.43. The number of carboxylic acids is 1. The fourth-order valence-corrected chi connectivity index (χ4v) is 1.85. The van der Waals surface area contributed by atoms with E-state index < -0.39 is 12.0 Å². The van der Waals surface area contributed by atoms with Gasteiger partial charge in [0.25, 0.3) is 0 Å². The zero-order valence-electron chi connectivity index (χ0n) is 10.0. The highest BCUT2D eigenvalue weighted by Crippen LogP contribution is 2.23. The van der Waals surface area contributed by atoms with Crippen molar-refractivity contribution in [2.75, 3.05) is 0 Å². The fourth-order valence-electron chi connectivity index (χ4n) is 1.85. The van der Waals surface area contributed by atoms with E-state index in [1.54, 1.807) is 0 Å². The third kappa shape index (κ3) is 2.83. The van der Waals surface area contributed by atoms with E-state index in [1.807, 2.05) is 25.1 Å². The van der Waals surface area contributed by atoms with Crippen LogP contribution in [0.1, 0.15) is 36.5 Å². The highest BCUT2D eigenvalue weighted by Gasteiger charge is 2.16. The number of carbonyl (C=O) groups is 1. The molecule has 0 aliphatic carbocycles. The van der Waals surface area contributed by atoms with E-state index in [0.717, 1.165) is 11.1 Å². The van der Waals surface area contributed by atoms with Gasteiger partial charge in [-0.15, -0.1) is 0 Å². The number of nitrogens with two attached hydrogens (primary N) is 1. The molecule has 0 aliphatic heterocycles. The van der Waals surface area contributed by atoms with Crippen LogP contribution in [-0.4, -0.2) is 17.1 Å². The van der Waals surface area contributed by atoms with Crippen molar-refractivity contribution in [1.82, 2.24) is 0 Å². The second-order valence-corrected chi connectivity index (χ2v) is 4.45. The van der Waals surface area contributed by atoms with Gasteiger partial charge in [-0.05, 0) is 36.0 Å². The lowest BCUT2D eigenvalue weighted by Crippen LogP contribution is -2.32. The molecule has 0 fully saturated rings. The Kier molecular flexibility index (Phi) is 4.07. The van der Waals surface area contributed by atoms with Crippen molar-refractivity contribution >= 4 is 5.97 Å².